The maximum atomic E-state index is 11.3. The molecule has 2 unspecified atom stereocenters. The highest BCUT2D eigenvalue weighted by Crippen LogP contribution is 2.19. The Morgan fingerprint density at radius 3 is 3.27 bits per heavy atom. The lowest BCUT2D eigenvalue weighted by Crippen LogP contribution is -2.61. The average Bonchev–Trinajstić information content (AvgIpc) is 2.45. The van der Waals surface area contributed by atoms with Gasteiger partial charge in [0.25, 0.3) is 5.91 Å². The van der Waals surface area contributed by atoms with Crippen LogP contribution in [0.4, 0.5) is 0 Å². The molecule has 2 aliphatic rings. The molecule has 62 valence electrons. The molecule has 0 aliphatic carbocycles. The number of piperazine rings is 1. The van der Waals surface area contributed by atoms with Crippen LogP contribution in [0.1, 0.15) is 12.8 Å². The molecule has 2 fully saturated rings. The first-order valence-corrected chi connectivity index (χ1v) is 4.08. The average molecular weight is 155 g/mol. The summed E-state index contributed by atoms with van der Waals surface area (Å²) >= 11 is 0. The molecule has 2 saturated heterocycles. The molecular weight excluding hydrogens is 142 g/mol. The Hall–Kier alpha value is -0.610. The fraction of sp³-hybridized carbons (Fsp3) is 0.857. The Kier molecular flexibility index (Phi) is 1.58. The second-order valence-electron chi connectivity index (χ2n) is 3.21. The normalized spacial score (nSPS) is 37.5. The second kappa shape index (κ2) is 2.46. The van der Waals surface area contributed by atoms with Crippen molar-refractivity contribution in [2.75, 3.05) is 13.1 Å². The molecule has 2 heterocycles. The number of carbonyl (C=O) groups is 1. The fourth-order valence-electron chi connectivity index (χ4n) is 1.87. The van der Waals surface area contributed by atoms with Gasteiger partial charge in [0.05, 0.1) is 0 Å². The molecule has 2 aliphatic heterocycles. The van der Waals surface area contributed by atoms with E-state index in [0.29, 0.717) is 6.04 Å². The van der Waals surface area contributed by atoms with E-state index in [0.717, 1.165) is 25.9 Å². The van der Waals surface area contributed by atoms with E-state index < -0.39 is 6.17 Å². The molecule has 0 radical (unpaired) electrons. The minimum absolute atomic E-state index is 0.0683. The van der Waals surface area contributed by atoms with Gasteiger partial charge in [-0.15, -0.1) is 0 Å². The topological polar surface area (TPSA) is 58.4 Å². The van der Waals surface area contributed by atoms with E-state index in [1.54, 1.807) is 0 Å². The minimum Gasteiger partial charge on any atom is -0.336 e. The van der Waals surface area contributed by atoms with Gasteiger partial charge in [-0.1, -0.05) is 0 Å². The zero-order valence-electron chi connectivity index (χ0n) is 6.42. The van der Waals surface area contributed by atoms with Crippen LogP contribution in [0.5, 0.6) is 0 Å². The van der Waals surface area contributed by atoms with Crippen molar-refractivity contribution in [3.8, 4) is 0 Å². The van der Waals surface area contributed by atoms with Gasteiger partial charge in [0.15, 0.2) is 0 Å². The summed E-state index contributed by atoms with van der Waals surface area (Å²) in [5.74, 6) is 0.0683. The van der Waals surface area contributed by atoms with Crippen molar-refractivity contribution < 1.29 is 4.79 Å². The molecule has 0 saturated carbocycles. The Morgan fingerprint density at radius 2 is 2.45 bits per heavy atom. The van der Waals surface area contributed by atoms with Crippen molar-refractivity contribution in [3.05, 3.63) is 0 Å². The molecule has 2 atom stereocenters. The summed E-state index contributed by atoms with van der Waals surface area (Å²) in [4.78, 5) is 13.2. The summed E-state index contributed by atoms with van der Waals surface area (Å²) in [5.41, 5.74) is 5.53. The molecule has 0 aromatic carbocycles. The summed E-state index contributed by atoms with van der Waals surface area (Å²) in [7, 11) is 0. The number of nitrogens with zero attached hydrogens (tertiary/aromatic N) is 1. The van der Waals surface area contributed by atoms with Gasteiger partial charge in [-0.2, -0.15) is 0 Å². The van der Waals surface area contributed by atoms with Crippen LogP contribution in [0, 0.1) is 0 Å². The number of hydrogen-bond donors (Lipinski definition) is 2. The van der Waals surface area contributed by atoms with Crippen LogP contribution >= 0.6 is 0 Å². The fourth-order valence-corrected chi connectivity index (χ4v) is 1.87. The van der Waals surface area contributed by atoms with E-state index in [9.17, 15) is 4.79 Å². The minimum atomic E-state index is -0.454. The summed E-state index contributed by atoms with van der Waals surface area (Å²) in [6, 6.07) is 0.419. The highest BCUT2D eigenvalue weighted by atomic mass is 16.2. The largest absolute Gasteiger partial charge is 0.336 e. The van der Waals surface area contributed by atoms with Crippen molar-refractivity contribution in [1.29, 1.82) is 0 Å². The van der Waals surface area contributed by atoms with Crippen LogP contribution in [0.3, 0.4) is 0 Å². The summed E-state index contributed by atoms with van der Waals surface area (Å²) in [6.07, 6.45) is 1.81. The number of rotatable bonds is 0. The van der Waals surface area contributed by atoms with E-state index in [1.807, 2.05) is 4.90 Å². The molecule has 1 amide bonds. The van der Waals surface area contributed by atoms with Gasteiger partial charge < -0.3 is 10.6 Å². The lowest BCUT2D eigenvalue weighted by Gasteiger charge is -2.33. The zero-order chi connectivity index (χ0) is 7.84. The maximum Gasteiger partial charge on any atom is 0.254 e. The quantitative estimate of drug-likeness (QED) is 0.465. The third kappa shape index (κ3) is 1.02. The molecule has 0 aromatic heterocycles. The molecule has 4 heteroatoms. The van der Waals surface area contributed by atoms with Crippen molar-refractivity contribution in [2.45, 2.75) is 25.0 Å². The number of amides is 1. The van der Waals surface area contributed by atoms with Crippen molar-refractivity contribution in [3.63, 3.8) is 0 Å². The van der Waals surface area contributed by atoms with Crippen molar-refractivity contribution in [1.82, 2.24) is 10.2 Å². The second-order valence-corrected chi connectivity index (χ2v) is 3.21. The SMILES string of the molecule is NC1NCC2CCCN2C1=O. The highest BCUT2D eigenvalue weighted by molar-refractivity contribution is 5.82. The summed E-state index contributed by atoms with van der Waals surface area (Å²) in [6.45, 7) is 1.77. The third-order valence-electron chi connectivity index (χ3n) is 2.50. The van der Waals surface area contributed by atoms with Gasteiger partial charge in [-0.25, -0.2) is 0 Å². The first-order valence-electron chi connectivity index (χ1n) is 4.08. The van der Waals surface area contributed by atoms with Gasteiger partial charge in [0, 0.05) is 19.1 Å². The molecule has 11 heavy (non-hydrogen) atoms. The third-order valence-corrected chi connectivity index (χ3v) is 2.50. The van der Waals surface area contributed by atoms with Crippen LogP contribution in [-0.4, -0.2) is 36.1 Å². The Bertz CT molecular complexity index is 183. The highest BCUT2D eigenvalue weighted by Gasteiger charge is 2.35. The van der Waals surface area contributed by atoms with Gasteiger partial charge in [-0.3, -0.25) is 10.1 Å². The van der Waals surface area contributed by atoms with E-state index in [-0.39, 0.29) is 5.91 Å². The summed E-state index contributed by atoms with van der Waals surface area (Å²) in [5, 5.41) is 2.99. The maximum absolute atomic E-state index is 11.3. The van der Waals surface area contributed by atoms with Crippen LogP contribution < -0.4 is 11.1 Å². The van der Waals surface area contributed by atoms with Gasteiger partial charge >= 0.3 is 0 Å². The molecule has 4 nitrogen and oxygen atoms in total. The van der Waals surface area contributed by atoms with Crippen molar-refractivity contribution in [2.24, 2.45) is 5.73 Å². The van der Waals surface area contributed by atoms with Crippen LogP contribution in [0.15, 0.2) is 0 Å². The van der Waals surface area contributed by atoms with Gasteiger partial charge in [-0.05, 0) is 12.8 Å². The van der Waals surface area contributed by atoms with E-state index in [4.69, 9.17) is 5.73 Å². The molecule has 0 spiro atoms. The predicted molar refractivity (Wildman–Crippen MR) is 40.7 cm³/mol. The number of fused-ring (bicyclic) bond motifs is 1. The van der Waals surface area contributed by atoms with Crippen LogP contribution in [-0.2, 0) is 4.79 Å². The van der Waals surface area contributed by atoms with Crippen molar-refractivity contribution >= 4 is 5.91 Å². The molecule has 0 bridgehead atoms. The monoisotopic (exact) mass is 155 g/mol. The number of nitrogens with two attached hydrogens (primary N) is 1. The Balaban J connectivity index is 2.12. The van der Waals surface area contributed by atoms with E-state index >= 15 is 0 Å². The lowest BCUT2D eigenvalue weighted by molar-refractivity contribution is -0.136. The van der Waals surface area contributed by atoms with E-state index in [1.165, 1.54) is 0 Å². The zero-order valence-corrected chi connectivity index (χ0v) is 6.42. The number of nitrogens with one attached hydrogen (secondary N) is 1. The number of carbonyl (C=O) groups excluding carboxylic acids is 1. The Morgan fingerprint density at radius 1 is 1.64 bits per heavy atom. The smallest absolute Gasteiger partial charge is 0.254 e. The standard InChI is InChI=1S/C7H13N3O/c8-6-7(11)10-3-1-2-5(10)4-9-6/h5-6,9H,1-4,8H2. The molecule has 2 rings (SSSR count). The van der Waals surface area contributed by atoms with Gasteiger partial charge in [0.2, 0.25) is 0 Å². The lowest BCUT2D eigenvalue weighted by atomic mass is 10.2. The van der Waals surface area contributed by atoms with Gasteiger partial charge in [0.1, 0.15) is 6.17 Å². The Labute approximate surface area is 65.7 Å². The van der Waals surface area contributed by atoms with Crippen LogP contribution in [0.25, 0.3) is 0 Å². The van der Waals surface area contributed by atoms with E-state index in [2.05, 4.69) is 5.32 Å². The summed E-state index contributed by atoms with van der Waals surface area (Å²) < 4.78 is 0. The molecule has 0 aromatic rings. The predicted octanol–water partition coefficient (Wildman–Crippen LogP) is -1.13. The number of hydrogen-bond acceptors (Lipinski definition) is 3. The first-order chi connectivity index (χ1) is 5.29. The molecular formula is C7H13N3O. The van der Waals surface area contributed by atoms with Crippen LogP contribution in [0.2, 0.25) is 0 Å². The first kappa shape index (κ1) is 7.06. The molecule has 3 N–H and O–H groups in total.